The van der Waals surface area contributed by atoms with Crippen molar-refractivity contribution in [1.82, 2.24) is 0 Å². The van der Waals surface area contributed by atoms with E-state index in [4.69, 9.17) is 28.3 Å². The first kappa shape index (κ1) is 44.2. The summed E-state index contributed by atoms with van der Waals surface area (Å²) in [4.78, 5) is 71.6. The standard InChI is InChI=1S/C25H49O19P3/c1-3-5-7-9-11-13-18(26)39-15-17(41-19(27)14-12-10-8-6-4-2)16-40-47(37,38)44-23-20(28)21(29)24(42-45(31,32)33)25(22(23)30)43-46(34,35)36/h17,20-25,28-30H,3-16H2,1-2H3,(H,37,38)(H2,31,32,33)(H2,34,35,36)/t17?,20-,21-,22+,23+,24+,25+/m1/s1. The van der Waals surface area contributed by atoms with Crippen LogP contribution in [0.3, 0.4) is 0 Å². The molecule has 8 atom stereocenters. The van der Waals surface area contributed by atoms with Crippen LogP contribution in [-0.2, 0) is 50.9 Å². The van der Waals surface area contributed by atoms with Crippen molar-refractivity contribution in [3.05, 3.63) is 0 Å². The highest BCUT2D eigenvalue weighted by Crippen LogP contribution is 2.51. The molecule has 1 aliphatic rings. The van der Waals surface area contributed by atoms with Gasteiger partial charge in [-0.2, -0.15) is 0 Å². The molecule has 0 radical (unpaired) electrons. The fourth-order valence-electron chi connectivity index (χ4n) is 4.58. The lowest BCUT2D eigenvalue weighted by Crippen LogP contribution is -2.65. The Bertz CT molecular complexity index is 1080. The highest BCUT2D eigenvalue weighted by atomic mass is 31.2. The molecule has 0 aromatic rings. The van der Waals surface area contributed by atoms with Crippen LogP contribution in [0.4, 0.5) is 0 Å². The second kappa shape index (κ2) is 21.4. The van der Waals surface area contributed by atoms with E-state index in [1.54, 1.807) is 0 Å². The highest BCUT2D eigenvalue weighted by Gasteiger charge is 2.56. The summed E-state index contributed by atoms with van der Waals surface area (Å²) in [7, 11) is -16.5. The molecule has 0 aromatic carbocycles. The lowest BCUT2D eigenvalue weighted by atomic mass is 9.85. The second-order valence-electron chi connectivity index (χ2n) is 11.1. The molecule has 0 saturated heterocycles. The van der Waals surface area contributed by atoms with Gasteiger partial charge >= 0.3 is 35.4 Å². The average Bonchev–Trinajstić information content (AvgIpc) is 2.96. The van der Waals surface area contributed by atoms with E-state index in [9.17, 15) is 53.3 Å². The molecule has 19 nitrogen and oxygen atoms in total. The number of esters is 2. The maximum atomic E-state index is 12.8. The largest absolute Gasteiger partial charge is 0.472 e. The van der Waals surface area contributed by atoms with E-state index < -0.39 is 91.3 Å². The van der Waals surface area contributed by atoms with Gasteiger partial charge in [0.2, 0.25) is 0 Å². The van der Waals surface area contributed by atoms with Gasteiger partial charge in [0.25, 0.3) is 0 Å². The number of ether oxygens (including phenoxy) is 2. The summed E-state index contributed by atoms with van der Waals surface area (Å²) in [5, 5.41) is 31.4. The summed E-state index contributed by atoms with van der Waals surface area (Å²) in [5.74, 6) is -1.33. The predicted molar refractivity (Wildman–Crippen MR) is 160 cm³/mol. The Balaban J connectivity index is 2.98. The van der Waals surface area contributed by atoms with Gasteiger partial charge in [-0.3, -0.25) is 27.7 Å². The Morgan fingerprint density at radius 3 is 1.53 bits per heavy atom. The molecule has 1 aliphatic carbocycles. The quantitative estimate of drug-likeness (QED) is 0.0396. The summed E-state index contributed by atoms with van der Waals surface area (Å²) >= 11 is 0. The summed E-state index contributed by atoms with van der Waals surface area (Å²) in [6.45, 7) is 2.59. The summed E-state index contributed by atoms with van der Waals surface area (Å²) < 4.78 is 64.2. The number of aliphatic hydroxyl groups excluding tert-OH is 3. The molecule has 1 fully saturated rings. The van der Waals surface area contributed by atoms with Crippen molar-refractivity contribution >= 4 is 35.4 Å². The number of hydrogen-bond donors (Lipinski definition) is 8. The molecule has 0 aliphatic heterocycles. The minimum atomic E-state index is -5.57. The Hall–Kier alpha value is -0.850. The number of carbonyl (C=O) groups is 2. The molecule has 0 aromatic heterocycles. The lowest BCUT2D eigenvalue weighted by Gasteiger charge is -2.44. The fourth-order valence-corrected chi connectivity index (χ4v) is 6.68. The van der Waals surface area contributed by atoms with Crippen LogP contribution in [-0.4, -0.2) is 108 Å². The molecule has 278 valence electrons. The SMILES string of the molecule is CCCCCCCC(=O)OCC(COP(=O)(O)O[C@H]1[C@H](O)[C@@H](O)[C@H](OP(=O)(O)O)[C@@H](OP(=O)(O)O)[C@H]1O)OC(=O)CCCCCCC. The minimum Gasteiger partial charge on any atom is -0.462 e. The topological polar surface area (TPSA) is 303 Å². The van der Waals surface area contributed by atoms with Crippen molar-refractivity contribution in [1.29, 1.82) is 0 Å². The van der Waals surface area contributed by atoms with Crippen LogP contribution < -0.4 is 0 Å². The van der Waals surface area contributed by atoms with E-state index in [1.165, 1.54) is 0 Å². The van der Waals surface area contributed by atoms with Crippen LogP contribution in [0.15, 0.2) is 0 Å². The smallest absolute Gasteiger partial charge is 0.462 e. The highest BCUT2D eigenvalue weighted by molar-refractivity contribution is 7.47. The first-order chi connectivity index (χ1) is 21.8. The van der Waals surface area contributed by atoms with Gasteiger partial charge in [-0.25, -0.2) is 13.7 Å². The van der Waals surface area contributed by atoms with Crippen LogP contribution >= 0.6 is 23.5 Å². The van der Waals surface area contributed by atoms with Crippen LogP contribution in [0.5, 0.6) is 0 Å². The third-order valence-electron chi connectivity index (χ3n) is 6.91. The Morgan fingerprint density at radius 2 is 1.04 bits per heavy atom. The number of phosphoric acid groups is 3. The molecule has 8 N–H and O–H groups in total. The van der Waals surface area contributed by atoms with Crippen LogP contribution in [0.1, 0.15) is 90.9 Å². The molecule has 0 spiro atoms. The summed E-state index contributed by atoms with van der Waals surface area (Å²) in [6.07, 6.45) is -7.79. The molecular formula is C25H49O19P3. The number of unbranched alkanes of at least 4 members (excludes halogenated alkanes) is 8. The molecule has 0 heterocycles. The van der Waals surface area contributed by atoms with E-state index in [-0.39, 0.29) is 12.8 Å². The Morgan fingerprint density at radius 1 is 0.596 bits per heavy atom. The van der Waals surface area contributed by atoms with Gasteiger partial charge in [0.15, 0.2) is 6.10 Å². The van der Waals surface area contributed by atoms with Gasteiger partial charge < -0.3 is 49.3 Å². The van der Waals surface area contributed by atoms with Gasteiger partial charge in [0, 0.05) is 12.8 Å². The van der Waals surface area contributed by atoms with Crippen LogP contribution in [0.2, 0.25) is 0 Å². The first-order valence-electron chi connectivity index (χ1n) is 15.3. The Labute approximate surface area is 272 Å². The first-order valence-corrected chi connectivity index (χ1v) is 19.9. The molecule has 1 saturated carbocycles. The fraction of sp³-hybridized carbons (Fsp3) is 0.920. The zero-order valence-corrected chi connectivity index (χ0v) is 29.0. The monoisotopic (exact) mass is 746 g/mol. The summed E-state index contributed by atoms with van der Waals surface area (Å²) in [5.41, 5.74) is 0. The van der Waals surface area contributed by atoms with Gasteiger partial charge in [-0.1, -0.05) is 65.2 Å². The van der Waals surface area contributed by atoms with Crippen molar-refractivity contribution in [2.75, 3.05) is 13.2 Å². The maximum Gasteiger partial charge on any atom is 0.472 e. The van der Waals surface area contributed by atoms with E-state index in [0.29, 0.717) is 12.8 Å². The molecule has 0 amide bonds. The Kier molecular flexibility index (Phi) is 20.1. The molecule has 1 rings (SSSR count). The van der Waals surface area contributed by atoms with Gasteiger partial charge in [0.05, 0.1) is 6.61 Å². The number of phosphoric ester groups is 3. The summed E-state index contributed by atoms with van der Waals surface area (Å²) in [6, 6.07) is 0. The van der Waals surface area contributed by atoms with Crippen molar-refractivity contribution in [3.63, 3.8) is 0 Å². The number of hydrogen-bond acceptors (Lipinski definition) is 14. The zero-order valence-electron chi connectivity index (χ0n) is 26.4. The van der Waals surface area contributed by atoms with Crippen molar-refractivity contribution in [2.45, 2.75) is 134 Å². The van der Waals surface area contributed by atoms with Crippen LogP contribution in [0, 0.1) is 0 Å². The van der Waals surface area contributed by atoms with Crippen molar-refractivity contribution in [2.24, 2.45) is 0 Å². The molecular weight excluding hydrogens is 697 g/mol. The molecule has 47 heavy (non-hydrogen) atoms. The number of carbonyl (C=O) groups excluding carboxylic acids is 2. The van der Waals surface area contributed by atoms with E-state index >= 15 is 0 Å². The average molecular weight is 747 g/mol. The molecule has 0 bridgehead atoms. The lowest BCUT2D eigenvalue weighted by molar-refractivity contribution is -0.213. The zero-order chi connectivity index (χ0) is 35.8. The van der Waals surface area contributed by atoms with Crippen LogP contribution in [0.25, 0.3) is 0 Å². The normalized spacial score (nSPS) is 25.6. The van der Waals surface area contributed by atoms with E-state index in [1.807, 2.05) is 13.8 Å². The third-order valence-corrected chi connectivity index (χ3v) is 8.94. The molecule has 22 heteroatoms. The van der Waals surface area contributed by atoms with Gasteiger partial charge in [-0.05, 0) is 12.8 Å². The molecule has 2 unspecified atom stereocenters. The number of rotatable bonds is 24. The second-order valence-corrected chi connectivity index (χ2v) is 14.8. The van der Waals surface area contributed by atoms with Crippen molar-refractivity contribution in [3.8, 4) is 0 Å². The minimum absolute atomic E-state index is 0.00394. The maximum absolute atomic E-state index is 12.8. The van der Waals surface area contributed by atoms with Gasteiger partial charge in [0.1, 0.15) is 43.2 Å². The van der Waals surface area contributed by atoms with E-state index in [2.05, 4.69) is 9.05 Å². The number of aliphatic hydroxyl groups is 3. The van der Waals surface area contributed by atoms with E-state index in [0.717, 1.165) is 51.4 Å². The predicted octanol–water partition coefficient (Wildman–Crippen LogP) is 1.72. The third kappa shape index (κ3) is 18.6. The van der Waals surface area contributed by atoms with Crippen molar-refractivity contribution < 1.29 is 90.6 Å². The van der Waals surface area contributed by atoms with Gasteiger partial charge in [-0.15, -0.1) is 0 Å².